The lowest BCUT2D eigenvalue weighted by Crippen LogP contribution is -2.10. The maximum Gasteiger partial charge on any atom is 0.343 e. The van der Waals surface area contributed by atoms with E-state index >= 15 is 0 Å². The number of rotatable bonds is 8. The summed E-state index contributed by atoms with van der Waals surface area (Å²) in [7, 11) is 2.98. The second kappa shape index (κ2) is 9.28. The molecule has 0 saturated heterocycles. The SMILES string of the molecule is CCOc1cc(C=CC(=O)O)ccc1OC(=O)c1ccc(OC)c(OC)c1. The highest BCUT2D eigenvalue weighted by molar-refractivity contribution is 5.92. The van der Waals surface area contributed by atoms with Gasteiger partial charge in [-0.3, -0.25) is 0 Å². The van der Waals surface area contributed by atoms with Gasteiger partial charge in [-0.25, -0.2) is 9.59 Å². The molecule has 0 spiro atoms. The molecule has 0 heterocycles. The summed E-state index contributed by atoms with van der Waals surface area (Å²) in [6, 6.07) is 9.46. The van der Waals surface area contributed by atoms with Crippen molar-refractivity contribution in [2.75, 3.05) is 20.8 Å². The summed E-state index contributed by atoms with van der Waals surface area (Å²) in [5.41, 5.74) is 0.886. The van der Waals surface area contributed by atoms with Crippen LogP contribution in [0.25, 0.3) is 6.08 Å². The Hall–Kier alpha value is -3.48. The van der Waals surface area contributed by atoms with Gasteiger partial charge in [-0.05, 0) is 48.9 Å². The smallest absolute Gasteiger partial charge is 0.343 e. The van der Waals surface area contributed by atoms with Crippen LogP contribution in [0.1, 0.15) is 22.8 Å². The summed E-state index contributed by atoms with van der Waals surface area (Å²) in [4.78, 5) is 23.1. The van der Waals surface area contributed by atoms with Crippen molar-refractivity contribution >= 4 is 18.0 Å². The lowest BCUT2D eigenvalue weighted by Gasteiger charge is -2.12. The van der Waals surface area contributed by atoms with Crippen LogP contribution in [0.3, 0.4) is 0 Å². The van der Waals surface area contributed by atoms with Crippen molar-refractivity contribution in [2.45, 2.75) is 6.92 Å². The molecule has 0 unspecified atom stereocenters. The van der Waals surface area contributed by atoms with Crippen molar-refractivity contribution < 1.29 is 33.6 Å². The Kier molecular flexibility index (Phi) is 6.82. The average Bonchev–Trinajstić information content (AvgIpc) is 2.67. The second-order valence-corrected chi connectivity index (χ2v) is 5.27. The number of ether oxygens (including phenoxy) is 4. The van der Waals surface area contributed by atoms with E-state index in [1.165, 1.54) is 26.4 Å². The van der Waals surface area contributed by atoms with Gasteiger partial charge in [-0.15, -0.1) is 0 Å². The van der Waals surface area contributed by atoms with Gasteiger partial charge in [-0.2, -0.15) is 0 Å². The van der Waals surface area contributed by atoms with Gasteiger partial charge in [-0.1, -0.05) is 6.07 Å². The Balaban J connectivity index is 2.27. The average molecular weight is 372 g/mol. The Morgan fingerprint density at radius 2 is 1.67 bits per heavy atom. The molecule has 1 N–H and O–H groups in total. The zero-order valence-electron chi connectivity index (χ0n) is 15.2. The van der Waals surface area contributed by atoms with Crippen molar-refractivity contribution in [1.82, 2.24) is 0 Å². The number of hydrogen-bond acceptors (Lipinski definition) is 6. The van der Waals surface area contributed by atoms with Gasteiger partial charge in [0, 0.05) is 6.08 Å². The quantitative estimate of drug-likeness (QED) is 0.431. The molecule has 0 bridgehead atoms. The van der Waals surface area contributed by atoms with Crippen molar-refractivity contribution in [3.8, 4) is 23.0 Å². The van der Waals surface area contributed by atoms with E-state index in [1.807, 2.05) is 0 Å². The van der Waals surface area contributed by atoms with Gasteiger partial charge in [0.2, 0.25) is 0 Å². The Labute approximate surface area is 156 Å². The van der Waals surface area contributed by atoms with Crippen LogP contribution >= 0.6 is 0 Å². The van der Waals surface area contributed by atoms with Crippen LogP contribution in [0.15, 0.2) is 42.5 Å². The maximum atomic E-state index is 12.5. The van der Waals surface area contributed by atoms with Crippen LogP contribution < -0.4 is 18.9 Å². The van der Waals surface area contributed by atoms with Gasteiger partial charge in [0.25, 0.3) is 0 Å². The van der Waals surface area contributed by atoms with Crippen molar-refractivity contribution in [3.05, 3.63) is 53.6 Å². The number of carboxylic acids is 1. The highest BCUT2D eigenvalue weighted by atomic mass is 16.6. The molecule has 0 radical (unpaired) electrons. The maximum absolute atomic E-state index is 12.5. The second-order valence-electron chi connectivity index (χ2n) is 5.27. The van der Waals surface area contributed by atoms with E-state index in [2.05, 4.69) is 0 Å². The lowest BCUT2D eigenvalue weighted by molar-refractivity contribution is -0.131. The van der Waals surface area contributed by atoms with Crippen LogP contribution in [0, 0.1) is 0 Å². The molecular weight excluding hydrogens is 352 g/mol. The third-order valence-electron chi connectivity index (χ3n) is 3.51. The lowest BCUT2D eigenvalue weighted by atomic mass is 10.1. The highest BCUT2D eigenvalue weighted by Gasteiger charge is 2.15. The van der Waals surface area contributed by atoms with Gasteiger partial charge < -0.3 is 24.1 Å². The van der Waals surface area contributed by atoms with E-state index < -0.39 is 11.9 Å². The first-order chi connectivity index (χ1) is 13.0. The number of esters is 1. The summed E-state index contributed by atoms with van der Waals surface area (Å²) < 4.78 is 21.3. The molecule has 142 valence electrons. The molecule has 27 heavy (non-hydrogen) atoms. The van der Waals surface area contributed by atoms with E-state index in [0.717, 1.165) is 6.08 Å². The van der Waals surface area contributed by atoms with Crippen LogP contribution in [0.4, 0.5) is 0 Å². The highest BCUT2D eigenvalue weighted by Crippen LogP contribution is 2.31. The fraction of sp³-hybridized carbons (Fsp3) is 0.200. The molecule has 0 fully saturated rings. The number of benzene rings is 2. The predicted molar refractivity (Wildman–Crippen MR) is 98.8 cm³/mol. The first-order valence-corrected chi connectivity index (χ1v) is 8.10. The minimum Gasteiger partial charge on any atom is -0.493 e. The monoisotopic (exact) mass is 372 g/mol. The van der Waals surface area contributed by atoms with E-state index in [0.29, 0.717) is 29.4 Å². The molecule has 0 aliphatic rings. The summed E-state index contributed by atoms with van der Waals surface area (Å²) >= 11 is 0. The summed E-state index contributed by atoms with van der Waals surface area (Å²) in [5.74, 6) is -0.185. The number of carbonyl (C=O) groups excluding carboxylic acids is 1. The van der Waals surface area contributed by atoms with E-state index in [9.17, 15) is 9.59 Å². The summed E-state index contributed by atoms with van der Waals surface area (Å²) in [6.45, 7) is 2.15. The Morgan fingerprint density at radius 1 is 0.963 bits per heavy atom. The molecule has 0 aliphatic carbocycles. The molecule has 2 rings (SSSR count). The zero-order valence-corrected chi connectivity index (χ0v) is 15.2. The third kappa shape index (κ3) is 5.24. The van der Waals surface area contributed by atoms with E-state index in [4.69, 9.17) is 24.1 Å². The van der Waals surface area contributed by atoms with Crippen LogP contribution in [0.2, 0.25) is 0 Å². The molecule has 0 aromatic heterocycles. The van der Waals surface area contributed by atoms with Gasteiger partial charge in [0.15, 0.2) is 23.0 Å². The summed E-state index contributed by atoms with van der Waals surface area (Å²) in [6.07, 6.45) is 2.44. The first kappa shape index (κ1) is 19.8. The van der Waals surface area contributed by atoms with Crippen molar-refractivity contribution in [1.29, 1.82) is 0 Å². The number of aliphatic carboxylic acids is 1. The normalized spacial score (nSPS) is 10.5. The number of carbonyl (C=O) groups is 2. The van der Waals surface area contributed by atoms with Crippen molar-refractivity contribution in [2.24, 2.45) is 0 Å². The largest absolute Gasteiger partial charge is 0.493 e. The predicted octanol–water partition coefficient (Wildman–Crippen LogP) is 3.42. The van der Waals surface area contributed by atoms with Gasteiger partial charge in [0.1, 0.15) is 0 Å². The topological polar surface area (TPSA) is 91.3 Å². The van der Waals surface area contributed by atoms with E-state index in [1.54, 1.807) is 37.3 Å². The Bertz CT molecular complexity index is 855. The minimum atomic E-state index is -1.06. The zero-order chi connectivity index (χ0) is 19.8. The Morgan fingerprint density at radius 3 is 2.30 bits per heavy atom. The van der Waals surface area contributed by atoms with Crippen LogP contribution in [-0.2, 0) is 4.79 Å². The molecule has 0 amide bonds. The van der Waals surface area contributed by atoms with Crippen molar-refractivity contribution in [3.63, 3.8) is 0 Å². The standard InChI is InChI=1S/C20H20O7/c1-4-26-18-11-13(6-10-19(21)22)5-8-16(18)27-20(23)14-7-9-15(24-2)17(12-14)25-3/h5-12H,4H2,1-3H3,(H,21,22). The van der Waals surface area contributed by atoms with Gasteiger partial charge in [0.05, 0.1) is 26.4 Å². The molecule has 2 aromatic rings. The molecule has 0 saturated carbocycles. The van der Waals surface area contributed by atoms with E-state index in [-0.39, 0.29) is 11.3 Å². The van der Waals surface area contributed by atoms with Crippen LogP contribution in [0.5, 0.6) is 23.0 Å². The fourth-order valence-electron chi connectivity index (χ4n) is 2.27. The number of carboxylic acid groups (broad SMARTS) is 1. The van der Waals surface area contributed by atoms with Gasteiger partial charge >= 0.3 is 11.9 Å². The molecule has 0 atom stereocenters. The molecule has 0 aliphatic heterocycles. The number of hydrogen-bond donors (Lipinski definition) is 1. The molecule has 7 heteroatoms. The first-order valence-electron chi connectivity index (χ1n) is 8.10. The van der Waals surface area contributed by atoms with Crippen LogP contribution in [-0.4, -0.2) is 37.9 Å². The fourth-order valence-corrected chi connectivity index (χ4v) is 2.27. The molecular formula is C20H20O7. The molecule has 2 aromatic carbocycles. The molecule has 7 nitrogen and oxygen atoms in total. The summed E-state index contributed by atoms with van der Waals surface area (Å²) in [5, 5.41) is 8.72. The number of methoxy groups -OCH3 is 2. The third-order valence-corrected chi connectivity index (χ3v) is 3.51. The minimum absolute atomic E-state index is 0.226.